The van der Waals surface area contributed by atoms with Gasteiger partial charge in [0.2, 0.25) is 11.8 Å². The number of halogens is 4. The zero-order valence-electron chi connectivity index (χ0n) is 18.1. The largest absolute Gasteiger partial charge is 0.352 e. The van der Waals surface area contributed by atoms with Crippen molar-refractivity contribution in [3.05, 3.63) is 68.4 Å². The number of carbonyl (C=O) groups excluding carboxylic acids is 2. The first kappa shape index (κ1) is 26.8. The Morgan fingerprint density at radius 2 is 1.84 bits per heavy atom. The molecule has 0 saturated heterocycles. The molecule has 0 heterocycles. The van der Waals surface area contributed by atoms with Crippen molar-refractivity contribution in [2.45, 2.75) is 51.6 Å². The average Bonchev–Trinajstić information content (AvgIpc) is 2.74. The molecule has 0 aliphatic carbocycles. The number of thioether (sulfide) groups is 1. The standard InChI is InChI=1S/C23H26Cl3FN2O2S/c1-4-14(2)28-23(31)15(3)29(11-16-8-9-17(24)10-20(16)26)22(30)13-32-12-18-19(25)6-5-7-21(18)27/h5-10,14-15H,4,11-13H2,1-3H3,(H,28,31)/t14-,15+/m1/s1. The molecule has 0 radical (unpaired) electrons. The van der Waals surface area contributed by atoms with E-state index in [1.165, 1.54) is 28.8 Å². The lowest BCUT2D eigenvalue weighted by Crippen LogP contribution is -2.50. The molecule has 2 atom stereocenters. The van der Waals surface area contributed by atoms with Gasteiger partial charge in [-0.05, 0) is 50.1 Å². The Bertz CT molecular complexity index is 941. The third kappa shape index (κ3) is 7.55. The van der Waals surface area contributed by atoms with Crippen LogP contribution in [0.2, 0.25) is 15.1 Å². The van der Waals surface area contributed by atoms with Crippen LogP contribution in [-0.4, -0.2) is 34.6 Å². The Balaban J connectivity index is 2.16. The van der Waals surface area contributed by atoms with E-state index in [4.69, 9.17) is 34.8 Å². The zero-order valence-corrected chi connectivity index (χ0v) is 21.2. The molecule has 4 nitrogen and oxygen atoms in total. The third-order valence-corrected chi connectivity index (χ3v) is 6.94. The highest BCUT2D eigenvalue weighted by molar-refractivity contribution is 7.99. The summed E-state index contributed by atoms with van der Waals surface area (Å²) in [7, 11) is 0. The molecule has 0 bridgehead atoms. The lowest BCUT2D eigenvalue weighted by atomic mass is 10.1. The minimum atomic E-state index is -0.721. The quantitative estimate of drug-likeness (QED) is 0.398. The van der Waals surface area contributed by atoms with Crippen LogP contribution >= 0.6 is 46.6 Å². The monoisotopic (exact) mass is 518 g/mol. The first-order chi connectivity index (χ1) is 15.1. The Labute approximate surface area is 207 Å². The van der Waals surface area contributed by atoms with Crippen LogP contribution in [0.15, 0.2) is 36.4 Å². The number of carbonyl (C=O) groups is 2. The smallest absolute Gasteiger partial charge is 0.242 e. The van der Waals surface area contributed by atoms with Gasteiger partial charge in [0.25, 0.3) is 0 Å². The summed E-state index contributed by atoms with van der Waals surface area (Å²) in [6.45, 7) is 5.69. The summed E-state index contributed by atoms with van der Waals surface area (Å²) < 4.78 is 14.0. The van der Waals surface area contributed by atoms with Crippen LogP contribution in [0.3, 0.4) is 0 Å². The molecular formula is C23H26Cl3FN2O2S. The molecule has 0 unspecified atom stereocenters. The molecule has 1 N–H and O–H groups in total. The highest BCUT2D eigenvalue weighted by Gasteiger charge is 2.27. The van der Waals surface area contributed by atoms with Gasteiger partial charge in [0, 0.05) is 39.0 Å². The molecule has 0 spiro atoms. The molecule has 32 heavy (non-hydrogen) atoms. The van der Waals surface area contributed by atoms with Gasteiger partial charge in [-0.15, -0.1) is 11.8 Å². The van der Waals surface area contributed by atoms with Gasteiger partial charge in [-0.25, -0.2) is 4.39 Å². The van der Waals surface area contributed by atoms with Gasteiger partial charge in [0.05, 0.1) is 5.75 Å². The van der Waals surface area contributed by atoms with E-state index in [2.05, 4.69) is 5.32 Å². The number of amides is 2. The summed E-state index contributed by atoms with van der Waals surface area (Å²) in [6, 6.07) is 8.75. The van der Waals surface area contributed by atoms with Gasteiger partial charge in [-0.3, -0.25) is 9.59 Å². The van der Waals surface area contributed by atoms with Crippen molar-refractivity contribution in [2.75, 3.05) is 5.75 Å². The molecule has 0 fully saturated rings. The summed E-state index contributed by atoms with van der Waals surface area (Å²) >= 11 is 19.6. The molecular weight excluding hydrogens is 494 g/mol. The lowest BCUT2D eigenvalue weighted by Gasteiger charge is -2.30. The Kier molecular flexibility index (Phi) is 10.6. The van der Waals surface area contributed by atoms with E-state index in [0.29, 0.717) is 26.2 Å². The summed E-state index contributed by atoms with van der Waals surface area (Å²) in [5.74, 6) is -0.638. The molecule has 2 amide bonds. The van der Waals surface area contributed by atoms with Gasteiger partial charge < -0.3 is 10.2 Å². The van der Waals surface area contributed by atoms with E-state index in [0.717, 1.165) is 6.42 Å². The second-order valence-corrected chi connectivity index (χ2v) is 9.68. The van der Waals surface area contributed by atoms with Crippen molar-refractivity contribution in [3.8, 4) is 0 Å². The number of nitrogens with one attached hydrogen (secondary N) is 1. The number of nitrogens with zero attached hydrogens (tertiary/aromatic N) is 1. The van der Waals surface area contributed by atoms with Crippen LogP contribution in [0.4, 0.5) is 4.39 Å². The van der Waals surface area contributed by atoms with E-state index in [-0.39, 0.29) is 35.9 Å². The van der Waals surface area contributed by atoms with Crippen molar-refractivity contribution in [2.24, 2.45) is 0 Å². The zero-order chi connectivity index (χ0) is 23.8. The Morgan fingerprint density at radius 3 is 2.47 bits per heavy atom. The topological polar surface area (TPSA) is 49.4 Å². The average molecular weight is 520 g/mol. The first-order valence-corrected chi connectivity index (χ1v) is 12.5. The number of hydrogen-bond donors (Lipinski definition) is 1. The molecule has 2 aromatic rings. The summed E-state index contributed by atoms with van der Waals surface area (Å²) in [5, 5.41) is 4.12. The third-order valence-electron chi connectivity index (χ3n) is 5.06. The van der Waals surface area contributed by atoms with E-state index in [1.54, 1.807) is 31.2 Å². The fourth-order valence-electron chi connectivity index (χ4n) is 2.88. The molecule has 0 aromatic heterocycles. The predicted octanol–water partition coefficient (Wildman–Crippen LogP) is 6.35. The summed E-state index contributed by atoms with van der Waals surface area (Å²) in [5.41, 5.74) is 1.02. The van der Waals surface area contributed by atoms with Crippen LogP contribution in [0.5, 0.6) is 0 Å². The highest BCUT2D eigenvalue weighted by Crippen LogP contribution is 2.26. The van der Waals surface area contributed by atoms with Crippen molar-refractivity contribution >= 4 is 58.4 Å². The van der Waals surface area contributed by atoms with Crippen molar-refractivity contribution < 1.29 is 14.0 Å². The minimum Gasteiger partial charge on any atom is -0.352 e. The van der Waals surface area contributed by atoms with Gasteiger partial charge in [-0.2, -0.15) is 0 Å². The van der Waals surface area contributed by atoms with E-state index < -0.39 is 11.9 Å². The fraction of sp³-hybridized carbons (Fsp3) is 0.391. The Morgan fingerprint density at radius 1 is 1.12 bits per heavy atom. The highest BCUT2D eigenvalue weighted by atomic mass is 35.5. The minimum absolute atomic E-state index is 0.0152. The van der Waals surface area contributed by atoms with Gasteiger partial charge in [-0.1, -0.05) is 53.9 Å². The molecule has 0 aliphatic heterocycles. The maximum Gasteiger partial charge on any atom is 0.242 e. The van der Waals surface area contributed by atoms with Crippen LogP contribution in [-0.2, 0) is 21.9 Å². The molecule has 0 aliphatic rings. The maximum atomic E-state index is 14.0. The SMILES string of the molecule is CC[C@@H](C)NC(=O)[C@H](C)N(Cc1ccc(Cl)cc1Cl)C(=O)CSCc1c(F)cccc1Cl. The van der Waals surface area contributed by atoms with E-state index in [1.807, 2.05) is 13.8 Å². The molecule has 174 valence electrons. The van der Waals surface area contributed by atoms with E-state index in [9.17, 15) is 14.0 Å². The van der Waals surface area contributed by atoms with E-state index >= 15 is 0 Å². The lowest BCUT2D eigenvalue weighted by molar-refractivity contribution is -0.138. The number of hydrogen-bond acceptors (Lipinski definition) is 3. The summed E-state index contributed by atoms with van der Waals surface area (Å²) in [6.07, 6.45) is 0.772. The van der Waals surface area contributed by atoms with Crippen molar-refractivity contribution in [3.63, 3.8) is 0 Å². The normalized spacial score (nSPS) is 12.8. The predicted molar refractivity (Wildman–Crippen MR) is 132 cm³/mol. The molecule has 0 saturated carbocycles. The maximum absolute atomic E-state index is 14.0. The second-order valence-electron chi connectivity index (χ2n) is 7.44. The van der Waals surface area contributed by atoms with Crippen molar-refractivity contribution in [1.29, 1.82) is 0 Å². The van der Waals surface area contributed by atoms with Crippen LogP contribution in [0.1, 0.15) is 38.3 Å². The molecule has 2 aromatic carbocycles. The number of benzene rings is 2. The summed E-state index contributed by atoms with van der Waals surface area (Å²) in [4.78, 5) is 27.3. The van der Waals surface area contributed by atoms with Gasteiger partial charge in [0.1, 0.15) is 11.9 Å². The van der Waals surface area contributed by atoms with Gasteiger partial charge in [0.15, 0.2) is 0 Å². The fourth-order valence-corrected chi connectivity index (χ4v) is 4.59. The van der Waals surface area contributed by atoms with Crippen molar-refractivity contribution in [1.82, 2.24) is 10.2 Å². The van der Waals surface area contributed by atoms with Crippen LogP contribution in [0.25, 0.3) is 0 Å². The first-order valence-electron chi connectivity index (χ1n) is 10.2. The molecule has 2 rings (SSSR count). The molecule has 9 heteroatoms. The van der Waals surface area contributed by atoms with Gasteiger partial charge >= 0.3 is 0 Å². The van der Waals surface area contributed by atoms with Crippen LogP contribution < -0.4 is 5.32 Å². The number of rotatable bonds is 10. The second kappa shape index (κ2) is 12.7. The van der Waals surface area contributed by atoms with Crippen LogP contribution in [0, 0.1) is 5.82 Å². The Hall–Kier alpha value is -1.47.